The number of esters is 1. The summed E-state index contributed by atoms with van der Waals surface area (Å²) >= 11 is 0. The summed E-state index contributed by atoms with van der Waals surface area (Å²) in [7, 11) is 0. The molecule has 0 aromatic heterocycles. The smallest absolute Gasteiger partial charge is 0.330 e. The molecule has 1 aromatic carbocycles. The molecule has 0 aliphatic carbocycles. The maximum absolute atomic E-state index is 12.7. The van der Waals surface area contributed by atoms with E-state index in [0.29, 0.717) is 6.61 Å². The number of hydrogen-bond acceptors (Lipinski definition) is 4. The molecule has 116 valence electrons. The molecule has 1 unspecified atom stereocenters. The van der Waals surface area contributed by atoms with Crippen molar-refractivity contribution >= 4 is 5.97 Å². The third kappa shape index (κ3) is 3.11. The first-order valence-electron chi connectivity index (χ1n) is 7.71. The van der Waals surface area contributed by atoms with E-state index in [0.717, 1.165) is 31.7 Å². The van der Waals surface area contributed by atoms with Gasteiger partial charge in [-0.05, 0) is 44.4 Å². The summed E-state index contributed by atoms with van der Waals surface area (Å²) in [6.07, 6.45) is 0. The van der Waals surface area contributed by atoms with Crippen molar-refractivity contribution in [1.82, 2.24) is 10.2 Å². The average molecular weight is 290 g/mol. The molecule has 21 heavy (non-hydrogen) atoms. The number of nitrogens with one attached hydrogen (secondary N) is 1. The van der Waals surface area contributed by atoms with Gasteiger partial charge in [0.15, 0.2) is 0 Å². The quantitative estimate of drug-likeness (QED) is 0.861. The van der Waals surface area contributed by atoms with Crippen LogP contribution in [0.25, 0.3) is 0 Å². The van der Waals surface area contributed by atoms with Crippen LogP contribution in [-0.2, 0) is 15.1 Å². The van der Waals surface area contributed by atoms with Crippen molar-refractivity contribution in [3.63, 3.8) is 0 Å². The maximum Gasteiger partial charge on any atom is 0.330 e. The van der Waals surface area contributed by atoms with Gasteiger partial charge in [0.2, 0.25) is 0 Å². The van der Waals surface area contributed by atoms with Gasteiger partial charge < -0.3 is 10.1 Å². The van der Waals surface area contributed by atoms with Crippen LogP contribution in [0.3, 0.4) is 0 Å². The summed E-state index contributed by atoms with van der Waals surface area (Å²) in [5.41, 5.74) is 2.76. The first kappa shape index (κ1) is 16.0. The number of rotatable bonds is 4. The molecule has 1 saturated heterocycles. The molecule has 0 spiro atoms. The second kappa shape index (κ2) is 6.58. The molecule has 1 fully saturated rings. The number of carbonyl (C=O) groups is 1. The van der Waals surface area contributed by atoms with Gasteiger partial charge in [-0.15, -0.1) is 0 Å². The van der Waals surface area contributed by atoms with Gasteiger partial charge in [-0.3, -0.25) is 4.90 Å². The molecule has 2 rings (SSSR count). The van der Waals surface area contributed by atoms with Crippen LogP contribution in [0.5, 0.6) is 0 Å². The highest BCUT2D eigenvalue weighted by atomic mass is 16.5. The predicted molar refractivity (Wildman–Crippen MR) is 84.3 cm³/mol. The molecule has 0 radical (unpaired) electrons. The van der Waals surface area contributed by atoms with Gasteiger partial charge in [0.25, 0.3) is 0 Å². The standard InChI is InChI=1S/C17H26N2O2/c1-5-21-16(20)17(4,19-10-8-18-9-11-19)15-7-6-13(2)14(3)12-15/h6-7,12,18H,5,8-11H2,1-4H3. The zero-order valence-corrected chi connectivity index (χ0v) is 13.5. The highest BCUT2D eigenvalue weighted by Crippen LogP contribution is 2.31. The SMILES string of the molecule is CCOC(=O)C(C)(c1ccc(C)c(C)c1)N1CCNCC1. The Kier molecular flexibility index (Phi) is 5.01. The first-order chi connectivity index (χ1) is 10.00. The largest absolute Gasteiger partial charge is 0.464 e. The molecule has 4 nitrogen and oxygen atoms in total. The van der Waals surface area contributed by atoms with Gasteiger partial charge >= 0.3 is 5.97 Å². The van der Waals surface area contributed by atoms with E-state index < -0.39 is 5.54 Å². The Morgan fingerprint density at radius 3 is 2.52 bits per heavy atom. The van der Waals surface area contributed by atoms with E-state index >= 15 is 0 Å². The molecule has 1 aromatic rings. The Labute approximate surface area is 127 Å². The second-order valence-corrected chi connectivity index (χ2v) is 5.83. The molecule has 1 aliphatic rings. The molecule has 1 aliphatic heterocycles. The van der Waals surface area contributed by atoms with Crippen LogP contribution in [0.15, 0.2) is 18.2 Å². The maximum atomic E-state index is 12.7. The van der Waals surface area contributed by atoms with Crippen LogP contribution in [0, 0.1) is 13.8 Å². The number of nitrogens with zero attached hydrogens (tertiary/aromatic N) is 1. The zero-order chi connectivity index (χ0) is 15.5. The van der Waals surface area contributed by atoms with Gasteiger partial charge in [-0.2, -0.15) is 0 Å². The molecule has 0 amide bonds. The van der Waals surface area contributed by atoms with E-state index in [1.54, 1.807) is 0 Å². The van der Waals surface area contributed by atoms with Crippen LogP contribution in [0.4, 0.5) is 0 Å². The van der Waals surface area contributed by atoms with E-state index in [-0.39, 0.29) is 5.97 Å². The monoisotopic (exact) mass is 290 g/mol. The topological polar surface area (TPSA) is 41.6 Å². The third-order valence-electron chi connectivity index (χ3n) is 4.49. The highest BCUT2D eigenvalue weighted by Gasteiger charge is 2.43. The number of aryl methyl sites for hydroxylation is 2. The van der Waals surface area contributed by atoms with E-state index in [1.807, 2.05) is 13.8 Å². The van der Waals surface area contributed by atoms with Gasteiger partial charge in [-0.1, -0.05) is 18.2 Å². The lowest BCUT2D eigenvalue weighted by atomic mass is 9.87. The first-order valence-corrected chi connectivity index (χ1v) is 7.71. The van der Waals surface area contributed by atoms with Crippen LogP contribution < -0.4 is 5.32 Å². The minimum absolute atomic E-state index is 0.157. The van der Waals surface area contributed by atoms with Crippen molar-refractivity contribution in [3.05, 3.63) is 34.9 Å². The normalized spacial score (nSPS) is 19.0. The Morgan fingerprint density at radius 2 is 1.95 bits per heavy atom. The number of piperazine rings is 1. The highest BCUT2D eigenvalue weighted by molar-refractivity contribution is 5.82. The van der Waals surface area contributed by atoms with E-state index in [4.69, 9.17) is 4.74 Å². The summed E-state index contributed by atoms with van der Waals surface area (Å²) in [4.78, 5) is 14.9. The molecule has 4 heteroatoms. The number of hydrogen-bond donors (Lipinski definition) is 1. The van der Waals surface area contributed by atoms with Crippen molar-refractivity contribution in [2.75, 3.05) is 32.8 Å². The van der Waals surface area contributed by atoms with E-state index in [2.05, 4.69) is 42.3 Å². The molecule has 1 atom stereocenters. The zero-order valence-electron chi connectivity index (χ0n) is 13.5. The molecule has 0 saturated carbocycles. The van der Waals surface area contributed by atoms with E-state index in [9.17, 15) is 4.79 Å². The third-order valence-corrected chi connectivity index (χ3v) is 4.49. The van der Waals surface area contributed by atoms with E-state index in [1.165, 1.54) is 11.1 Å². The molecular formula is C17H26N2O2. The van der Waals surface area contributed by atoms with Crippen molar-refractivity contribution in [1.29, 1.82) is 0 Å². The van der Waals surface area contributed by atoms with Gasteiger partial charge in [0.05, 0.1) is 6.61 Å². The average Bonchev–Trinajstić information content (AvgIpc) is 2.50. The van der Waals surface area contributed by atoms with Gasteiger partial charge in [-0.25, -0.2) is 4.79 Å². The number of carbonyl (C=O) groups excluding carboxylic acids is 1. The van der Waals surface area contributed by atoms with Gasteiger partial charge in [0, 0.05) is 26.2 Å². The fourth-order valence-corrected chi connectivity index (χ4v) is 2.86. The minimum Gasteiger partial charge on any atom is -0.464 e. The molecule has 0 bridgehead atoms. The van der Waals surface area contributed by atoms with Crippen molar-refractivity contribution < 1.29 is 9.53 Å². The molecule has 1 N–H and O–H groups in total. The lowest BCUT2D eigenvalue weighted by Crippen LogP contribution is -2.57. The fourth-order valence-electron chi connectivity index (χ4n) is 2.86. The second-order valence-electron chi connectivity index (χ2n) is 5.83. The van der Waals surface area contributed by atoms with Crippen molar-refractivity contribution in [2.45, 2.75) is 33.2 Å². The summed E-state index contributed by atoms with van der Waals surface area (Å²) in [6, 6.07) is 6.26. The van der Waals surface area contributed by atoms with Gasteiger partial charge in [0.1, 0.15) is 5.54 Å². The van der Waals surface area contributed by atoms with Crippen LogP contribution in [0.1, 0.15) is 30.5 Å². The minimum atomic E-state index is -0.712. The molecular weight excluding hydrogens is 264 g/mol. The van der Waals surface area contributed by atoms with Crippen LogP contribution in [0.2, 0.25) is 0 Å². The van der Waals surface area contributed by atoms with Crippen LogP contribution >= 0.6 is 0 Å². The Morgan fingerprint density at radius 1 is 1.29 bits per heavy atom. The summed E-state index contributed by atoms with van der Waals surface area (Å²) in [5, 5.41) is 3.34. The Balaban J connectivity index is 2.43. The van der Waals surface area contributed by atoms with Crippen molar-refractivity contribution in [2.24, 2.45) is 0 Å². The Bertz CT molecular complexity index is 510. The summed E-state index contributed by atoms with van der Waals surface area (Å²) < 4.78 is 5.38. The lowest BCUT2D eigenvalue weighted by Gasteiger charge is -2.42. The van der Waals surface area contributed by atoms with Crippen LogP contribution in [-0.4, -0.2) is 43.7 Å². The lowest BCUT2D eigenvalue weighted by molar-refractivity contribution is -0.158. The fraction of sp³-hybridized carbons (Fsp3) is 0.588. The number of ether oxygens (including phenoxy) is 1. The summed E-state index contributed by atoms with van der Waals surface area (Å²) in [6.45, 7) is 11.9. The van der Waals surface area contributed by atoms with Crippen molar-refractivity contribution in [3.8, 4) is 0 Å². The predicted octanol–water partition coefficient (Wildman–Crippen LogP) is 1.99. The molecule has 1 heterocycles. The summed E-state index contributed by atoms with van der Waals surface area (Å²) in [5.74, 6) is -0.157. The Hall–Kier alpha value is -1.39. The number of benzene rings is 1.